The smallest absolute Gasteiger partial charge is 0.227 e. The molecule has 0 aliphatic heterocycles. The van der Waals surface area contributed by atoms with Gasteiger partial charge in [0.1, 0.15) is 0 Å². The van der Waals surface area contributed by atoms with Gasteiger partial charge in [-0.05, 0) is 37.8 Å². The Morgan fingerprint density at radius 3 is 2.95 bits per heavy atom. The molecular weight excluding hydrogens is 268 g/mol. The van der Waals surface area contributed by atoms with E-state index in [1.807, 2.05) is 26.0 Å². The number of carbonyl (C=O) groups is 1. The molecule has 104 valence electrons. The molecular formula is C16H18N2OS. The Bertz CT molecular complexity index is 648. The molecule has 3 nitrogen and oxygen atoms in total. The second-order valence-corrected chi connectivity index (χ2v) is 6.54. The van der Waals surface area contributed by atoms with Crippen molar-refractivity contribution in [2.24, 2.45) is 0 Å². The molecule has 20 heavy (non-hydrogen) atoms. The van der Waals surface area contributed by atoms with Gasteiger partial charge in [0.2, 0.25) is 5.91 Å². The van der Waals surface area contributed by atoms with Gasteiger partial charge in [0.15, 0.2) is 0 Å². The summed E-state index contributed by atoms with van der Waals surface area (Å²) in [5.41, 5.74) is 3.54. The Hall–Kier alpha value is -1.68. The minimum absolute atomic E-state index is 0.0144. The number of nitrogens with zero attached hydrogens (tertiary/aromatic N) is 1. The Balaban J connectivity index is 1.68. The van der Waals surface area contributed by atoms with Gasteiger partial charge < -0.3 is 5.32 Å². The van der Waals surface area contributed by atoms with E-state index in [2.05, 4.69) is 22.4 Å². The maximum Gasteiger partial charge on any atom is 0.227 e. The molecule has 1 amide bonds. The van der Waals surface area contributed by atoms with Crippen molar-refractivity contribution >= 4 is 17.2 Å². The van der Waals surface area contributed by atoms with Crippen LogP contribution >= 0.6 is 11.3 Å². The van der Waals surface area contributed by atoms with E-state index in [0.717, 1.165) is 28.4 Å². The van der Waals surface area contributed by atoms with E-state index in [9.17, 15) is 4.79 Å². The van der Waals surface area contributed by atoms with Gasteiger partial charge in [0.25, 0.3) is 0 Å². The monoisotopic (exact) mass is 286 g/mol. The van der Waals surface area contributed by atoms with Crippen molar-refractivity contribution in [1.29, 1.82) is 0 Å². The van der Waals surface area contributed by atoms with Gasteiger partial charge >= 0.3 is 0 Å². The van der Waals surface area contributed by atoms with Crippen LogP contribution in [0.3, 0.4) is 0 Å². The van der Waals surface area contributed by atoms with Crippen molar-refractivity contribution < 1.29 is 4.79 Å². The summed E-state index contributed by atoms with van der Waals surface area (Å²) in [6, 6.07) is 8.26. The SMILES string of the molecule is Cc1nc(C)c(CNC(=O)C2CCc3ccccc32)s1. The van der Waals surface area contributed by atoms with Gasteiger partial charge in [0, 0.05) is 4.88 Å². The number of aromatic nitrogens is 1. The number of nitrogens with one attached hydrogen (secondary N) is 1. The van der Waals surface area contributed by atoms with Crippen LogP contribution in [0.4, 0.5) is 0 Å². The predicted octanol–water partition coefficient (Wildman–Crippen LogP) is 3.11. The largest absolute Gasteiger partial charge is 0.351 e. The van der Waals surface area contributed by atoms with Gasteiger partial charge in [-0.3, -0.25) is 4.79 Å². The zero-order chi connectivity index (χ0) is 14.1. The van der Waals surface area contributed by atoms with E-state index in [-0.39, 0.29) is 11.8 Å². The number of carbonyl (C=O) groups excluding carboxylic acids is 1. The highest BCUT2D eigenvalue weighted by atomic mass is 32.1. The van der Waals surface area contributed by atoms with Gasteiger partial charge in [-0.25, -0.2) is 4.98 Å². The number of amides is 1. The molecule has 0 bridgehead atoms. The average Bonchev–Trinajstić information content (AvgIpc) is 2.99. The molecule has 0 spiro atoms. The van der Waals surface area contributed by atoms with Gasteiger partial charge in [0.05, 0.1) is 23.2 Å². The van der Waals surface area contributed by atoms with Crippen LogP contribution in [0.15, 0.2) is 24.3 Å². The molecule has 1 heterocycles. The Kier molecular flexibility index (Phi) is 3.57. The van der Waals surface area contributed by atoms with Crippen LogP contribution in [0.5, 0.6) is 0 Å². The van der Waals surface area contributed by atoms with E-state index >= 15 is 0 Å². The number of hydrogen-bond donors (Lipinski definition) is 1. The summed E-state index contributed by atoms with van der Waals surface area (Å²) >= 11 is 1.66. The minimum Gasteiger partial charge on any atom is -0.351 e. The number of aryl methyl sites for hydroxylation is 3. The molecule has 1 aromatic heterocycles. The van der Waals surface area contributed by atoms with E-state index in [4.69, 9.17) is 0 Å². The first-order valence-electron chi connectivity index (χ1n) is 6.93. The summed E-state index contributed by atoms with van der Waals surface area (Å²) in [6.45, 7) is 4.58. The fourth-order valence-corrected chi connectivity index (χ4v) is 3.73. The lowest BCUT2D eigenvalue weighted by Gasteiger charge is -2.11. The average molecular weight is 286 g/mol. The molecule has 0 radical (unpaired) electrons. The topological polar surface area (TPSA) is 42.0 Å². The second-order valence-electron chi connectivity index (χ2n) is 5.25. The van der Waals surface area contributed by atoms with Crippen molar-refractivity contribution in [2.45, 2.75) is 39.2 Å². The van der Waals surface area contributed by atoms with Gasteiger partial charge in [-0.2, -0.15) is 0 Å². The van der Waals surface area contributed by atoms with Crippen molar-refractivity contribution in [1.82, 2.24) is 10.3 Å². The van der Waals surface area contributed by atoms with Crippen LogP contribution in [0, 0.1) is 13.8 Å². The van der Waals surface area contributed by atoms with Crippen LogP contribution in [-0.4, -0.2) is 10.9 Å². The number of hydrogen-bond acceptors (Lipinski definition) is 3. The number of fused-ring (bicyclic) bond motifs is 1. The zero-order valence-corrected chi connectivity index (χ0v) is 12.6. The summed E-state index contributed by atoms with van der Waals surface area (Å²) < 4.78 is 0. The molecule has 2 aromatic rings. The molecule has 0 saturated carbocycles. The third-order valence-corrected chi connectivity index (χ3v) is 4.94. The quantitative estimate of drug-likeness (QED) is 0.942. The van der Waals surface area contributed by atoms with Crippen LogP contribution in [-0.2, 0) is 17.8 Å². The molecule has 1 unspecified atom stereocenters. The Morgan fingerprint density at radius 1 is 1.40 bits per heavy atom. The first-order valence-corrected chi connectivity index (χ1v) is 7.75. The highest BCUT2D eigenvalue weighted by Crippen LogP contribution is 2.33. The Labute approximate surface area is 123 Å². The van der Waals surface area contributed by atoms with Crippen molar-refractivity contribution in [2.75, 3.05) is 0 Å². The first kappa shape index (κ1) is 13.3. The van der Waals surface area contributed by atoms with E-state index in [1.165, 1.54) is 11.1 Å². The standard InChI is InChI=1S/C16H18N2OS/c1-10-15(20-11(2)18-10)9-17-16(19)14-8-7-12-5-3-4-6-13(12)14/h3-6,14H,7-9H2,1-2H3,(H,17,19). The lowest BCUT2D eigenvalue weighted by atomic mass is 10.0. The van der Waals surface area contributed by atoms with Crippen molar-refractivity contribution in [3.63, 3.8) is 0 Å². The molecule has 0 fully saturated rings. The highest BCUT2D eigenvalue weighted by molar-refractivity contribution is 7.11. The Morgan fingerprint density at radius 2 is 2.20 bits per heavy atom. The lowest BCUT2D eigenvalue weighted by molar-refractivity contribution is -0.122. The second kappa shape index (κ2) is 5.37. The van der Waals surface area contributed by atoms with E-state index in [0.29, 0.717) is 6.54 Å². The molecule has 1 atom stereocenters. The number of benzene rings is 1. The van der Waals surface area contributed by atoms with E-state index < -0.39 is 0 Å². The lowest BCUT2D eigenvalue weighted by Crippen LogP contribution is -2.27. The molecule has 1 N–H and O–H groups in total. The van der Waals surface area contributed by atoms with Crippen LogP contribution in [0.2, 0.25) is 0 Å². The van der Waals surface area contributed by atoms with Crippen molar-refractivity contribution in [3.8, 4) is 0 Å². The fraction of sp³-hybridized carbons (Fsp3) is 0.375. The summed E-state index contributed by atoms with van der Waals surface area (Å²) in [5, 5.41) is 4.12. The maximum absolute atomic E-state index is 12.4. The minimum atomic E-state index is 0.0144. The summed E-state index contributed by atoms with van der Waals surface area (Å²) in [7, 11) is 0. The normalized spacial score (nSPS) is 17.0. The maximum atomic E-state index is 12.4. The van der Waals surface area contributed by atoms with Gasteiger partial charge in [-0.15, -0.1) is 11.3 Å². The van der Waals surface area contributed by atoms with Crippen LogP contribution in [0.25, 0.3) is 0 Å². The third-order valence-electron chi connectivity index (χ3n) is 3.87. The zero-order valence-electron chi connectivity index (χ0n) is 11.8. The number of rotatable bonds is 3. The summed E-state index contributed by atoms with van der Waals surface area (Å²) in [5.74, 6) is 0.154. The first-order chi connectivity index (χ1) is 9.65. The molecule has 1 aliphatic rings. The summed E-state index contributed by atoms with van der Waals surface area (Å²) in [4.78, 5) is 17.9. The van der Waals surface area contributed by atoms with Crippen LogP contribution < -0.4 is 5.32 Å². The van der Waals surface area contributed by atoms with Crippen LogP contribution in [0.1, 0.15) is 39.0 Å². The molecule has 1 aromatic carbocycles. The highest BCUT2D eigenvalue weighted by Gasteiger charge is 2.27. The van der Waals surface area contributed by atoms with E-state index in [1.54, 1.807) is 11.3 Å². The summed E-state index contributed by atoms with van der Waals surface area (Å²) in [6.07, 6.45) is 1.93. The molecule has 1 aliphatic carbocycles. The molecule has 0 saturated heterocycles. The number of thiazole rings is 1. The third kappa shape index (κ3) is 2.48. The fourth-order valence-electron chi connectivity index (χ4n) is 2.86. The van der Waals surface area contributed by atoms with Crippen molar-refractivity contribution in [3.05, 3.63) is 51.0 Å². The predicted molar refractivity (Wildman–Crippen MR) is 80.9 cm³/mol. The van der Waals surface area contributed by atoms with Gasteiger partial charge in [-0.1, -0.05) is 24.3 Å². The molecule has 3 rings (SSSR count). The molecule has 4 heteroatoms.